The SMILES string of the molecule is Cc1ccc(SCC(=O)Nc2cc(C)cc(C)c2)cc1. The fraction of sp³-hybridized carbons (Fsp3) is 0.235. The predicted molar refractivity (Wildman–Crippen MR) is 86.4 cm³/mol. The van der Waals surface area contributed by atoms with Crippen LogP contribution in [0.4, 0.5) is 5.69 Å². The standard InChI is InChI=1S/C17H19NOS/c1-12-4-6-16(7-5-12)20-11-17(19)18-15-9-13(2)8-14(3)10-15/h4-10H,11H2,1-3H3,(H,18,19). The van der Waals surface area contributed by atoms with Crippen LogP contribution in [0.25, 0.3) is 0 Å². The third-order valence-corrected chi connectivity index (χ3v) is 3.91. The Morgan fingerprint density at radius 2 is 1.55 bits per heavy atom. The molecule has 2 nitrogen and oxygen atoms in total. The lowest BCUT2D eigenvalue weighted by Crippen LogP contribution is -2.14. The molecule has 0 saturated heterocycles. The molecule has 0 aliphatic carbocycles. The minimum atomic E-state index is 0.0283. The second kappa shape index (κ2) is 6.62. The highest BCUT2D eigenvalue weighted by Gasteiger charge is 2.04. The molecule has 0 fully saturated rings. The predicted octanol–water partition coefficient (Wildman–Crippen LogP) is 4.34. The smallest absolute Gasteiger partial charge is 0.234 e. The van der Waals surface area contributed by atoms with Crippen LogP contribution in [0.1, 0.15) is 16.7 Å². The van der Waals surface area contributed by atoms with Gasteiger partial charge in [0, 0.05) is 10.6 Å². The van der Waals surface area contributed by atoms with Crippen LogP contribution in [0.15, 0.2) is 47.4 Å². The zero-order valence-corrected chi connectivity index (χ0v) is 12.9. The first-order valence-electron chi connectivity index (χ1n) is 6.60. The van der Waals surface area contributed by atoms with Crippen molar-refractivity contribution >= 4 is 23.4 Å². The first kappa shape index (κ1) is 14.7. The number of anilines is 1. The van der Waals surface area contributed by atoms with Crippen LogP contribution in [0.5, 0.6) is 0 Å². The van der Waals surface area contributed by atoms with Crippen LogP contribution in [0, 0.1) is 20.8 Å². The van der Waals surface area contributed by atoms with Crippen LogP contribution < -0.4 is 5.32 Å². The van der Waals surface area contributed by atoms with Crippen molar-refractivity contribution in [2.45, 2.75) is 25.7 Å². The van der Waals surface area contributed by atoms with Crippen molar-refractivity contribution in [3.63, 3.8) is 0 Å². The third-order valence-electron chi connectivity index (χ3n) is 2.90. The summed E-state index contributed by atoms with van der Waals surface area (Å²) in [5.41, 5.74) is 4.42. The zero-order valence-electron chi connectivity index (χ0n) is 12.1. The van der Waals surface area contributed by atoms with Gasteiger partial charge in [-0.25, -0.2) is 0 Å². The first-order chi connectivity index (χ1) is 9.52. The molecule has 2 aromatic carbocycles. The Balaban J connectivity index is 1.90. The average Bonchev–Trinajstić information content (AvgIpc) is 2.37. The zero-order chi connectivity index (χ0) is 14.5. The van der Waals surface area contributed by atoms with E-state index in [1.807, 2.05) is 38.1 Å². The van der Waals surface area contributed by atoms with Gasteiger partial charge in [0.2, 0.25) is 5.91 Å². The fourth-order valence-electron chi connectivity index (χ4n) is 2.03. The van der Waals surface area contributed by atoms with E-state index < -0.39 is 0 Å². The lowest BCUT2D eigenvalue weighted by Gasteiger charge is -2.07. The summed E-state index contributed by atoms with van der Waals surface area (Å²) in [7, 11) is 0. The van der Waals surface area contributed by atoms with E-state index >= 15 is 0 Å². The Hall–Kier alpha value is -1.74. The van der Waals surface area contributed by atoms with Crippen LogP contribution in [-0.4, -0.2) is 11.7 Å². The maximum Gasteiger partial charge on any atom is 0.234 e. The van der Waals surface area contributed by atoms with E-state index in [-0.39, 0.29) is 5.91 Å². The van der Waals surface area contributed by atoms with Gasteiger partial charge in [-0.3, -0.25) is 4.79 Å². The van der Waals surface area contributed by atoms with Crippen molar-refractivity contribution in [2.24, 2.45) is 0 Å². The second-order valence-corrected chi connectivity index (χ2v) is 6.08. The van der Waals surface area contributed by atoms with Crippen molar-refractivity contribution < 1.29 is 4.79 Å². The van der Waals surface area contributed by atoms with E-state index in [4.69, 9.17) is 0 Å². The van der Waals surface area contributed by atoms with Crippen molar-refractivity contribution in [1.82, 2.24) is 0 Å². The summed E-state index contributed by atoms with van der Waals surface area (Å²) < 4.78 is 0. The van der Waals surface area contributed by atoms with Gasteiger partial charge in [-0.15, -0.1) is 11.8 Å². The fourth-order valence-corrected chi connectivity index (χ4v) is 2.73. The Bertz CT molecular complexity index is 585. The van der Waals surface area contributed by atoms with Gasteiger partial charge in [0.1, 0.15) is 0 Å². The molecule has 0 radical (unpaired) electrons. The van der Waals surface area contributed by atoms with E-state index in [0.717, 1.165) is 21.7 Å². The van der Waals surface area contributed by atoms with Crippen molar-refractivity contribution in [3.05, 3.63) is 59.2 Å². The summed E-state index contributed by atoms with van der Waals surface area (Å²) in [6.45, 7) is 6.12. The molecule has 2 aromatic rings. The van der Waals surface area contributed by atoms with Crippen LogP contribution >= 0.6 is 11.8 Å². The molecule has 104 valence electrons. The van der Waals surface area contributed by atoms with Crippen molar-refractivity contribution in [1.29, 1.82) is 0 Å². The van der Waals surface area contributed by atoms with Crippen molar-refractivity contribution in [3.8, 4) is 0 Å². The van der Waals surface area contributed by atoms with Gasteiger partial charge < -0.3 is 5.32 Å². The molecular weight excluding hydrogens is 266 g/mol. The highest BCUT2D eigenvalue weighted by atomic mass is 32.2. The van der Waals surface area contributed by atoms with Gasteiger partial charge >= 0.3 is 0 Å². The average molecular weight is 285 g/mol. The number of nitrogens with one attached hydrogen (secondary N) is 1. The second-order valence-electron chi connectivity index (χ2n) is 5.03. The number of benzene rings is 2. The molecule has 1 N–H and O–H groups in total. The van der Waals surface area contributed by atoms with E-state index in [1.54, 1.807) is 11.8 Å². The molecule has 0 aliphatic rings. The maximum atomic E-state index is 11.9. The molecule has 0 saturated carbocycles. The monoisotopic (exact) mass is 285 g/mol. The number of thioether (sulfide) groups is 1. The largest absolute Gasteiger partial charge is 0.325 e. The number of aryl methyl sites for hydroxylation is 3. The number of rotatable bonds is 4. The van der Waals surface area contributed by atoms with Crippen LogP contribution in [0.2, 0.25) is 0 Å². The minimum Gasteiger partial charge on any atom is -0.325 e. The van der Waals surface area contributed by atoms with Crippen molar-refractivity contribution in [2.75, 3.05) is 11.1 Å². The molecular formula is C17H19NOS. The van der Waals surface area contributed by atoms with Gasteiger partial charge in [-0.2, -0.15) is 0 Å². The van der Waals surface area contributed by atoms with E-state index in [1.165, 1.54) is 5.56 Å². The molecule has 0 unspecified atom stereocenters. The number of amides is 1. The van der Waals surface area contributed by atoms with E-state index in [9.17, 15) is 4.79 Å². The Morgan fingerprint density at radius 1 is 0.950 bits per heavy atom. The molecule has 0 atom stereocenters. The summed E-state index contributed by atoms with van der Waals surface area (Å²) in [5, 5.41) is 2.95. The lowest BCUT2D eigenvalue weighted by molar-refractivity contribution is -0.113. The maximum absolute atomic E-state index is 11.9. The van der Waals surface area contributed by atoms with Crippen LogP contribution in [-0.2, 0) is 4.79 Å². The molecule has 0 heterocycles. The first-order valence-corrected chi connectivity index (χ1v) is 7.59. The molecule has 20 heavy (non-hydrogen) atoms. The van der Waals surface area contributed by atoms with Gasteiger partial charge in [0.15, 0.2) is 0 Å². The quantitative estimate of drug-likeness (QED) is 0.847. The summed E-state index contributed by atoms with van der Waals surface area (Å²) >= 11 is 1.55. The summed E-state index contributed by atoms with van der Waals surface area (Å²) in [6.07, 6.45) is 0. The topological polar surface area (TPSA) is 29.1 Å². The third kappa shape index (κ3) is 4.42. The van der Waals surface area contributed by atoms with Crippen LogP contribution in [0.3, 0.4) is 0 Å². The molecule has 1 amide bonds. The Labute approximate surface area is 124 Å². The molecule has 0 aromatic heterocycles. The lowest BCUT2D eigenvalue weighted by atomic mass is 10.1. The Kier molecular flexibility index (Phi) is 4.85. The molecule has 0 bridgehead atoms. The molecule has 3 heteroatoms. The molecule has 0 spiro atoms. The summed E-state index contributed by atoms with van der Waals surface area (Å²) in [4.78, 5) is 13.1. The number of carbonyl (C=O) groups excluding carboxylic acids is 1. The molecule has 0 aliphatic heterocycles. The van der Waals surface area contributed by atoms with E-state index in [2.05, 4.69) is 30.4 Å². The highest BCUT2D eigenvalue weighted by molar-refractivity contribution is 8.00. The number of carbonyl (C=O) groups is 1. The highest BCUT2D eigenvalue weighted by Crippen LogP contribution is 2.19. The number of hydrogen-bond acceptors (Lipinski definition) is 2. The van der Waals surface area contributed by atoms with Gasteiger partial charge in [-0.05, 0) is 56.2 Å². The summed E-state index contributed by atoms with van der Waals surface area (Å²) in [6, 6.07) is 14.3. The summed E-state index contributed by atoms with van der Waals surface area (Å²) in [5.74, 6) is 0.455. The van der Waals surface area contributed by atoms with Gasteiger partial charge in [-0.1, -0.05) is 23.8 Å². The Morgan fingerprint density at radius 3 is 2.15 bits per heavy atom. The minimum absolute atomic E-state index is 0.0283. The van der Waals surface area contributed by atoms with Gasteiger partial charge in [0.25, 0.3) is 0 Å². The van der Waals surface area contributed by atoms with E-state index in [0.29, 0.717) is 5.75 Å². The number of hydrogen-bond donors (Lipinski definition) is 1. The molecule has 2 rings (SSSR count). The normalized spacial score (nSPS) is 10.3. The van der Waals surface area contributed by atoms with Gasteiger partial charge in [0.05, 0.1) is 5.75 Å².